The Morgan fingerprint density at radius 1 is 1.58 bits per heavy atom. The summed E-state index contributed by atoms with van der Waals surface area (Å²) < 4.78 is 18.4. The van der Waals surface area contributed by atoms with Crippen LogP contribution in [0, 0.1) is 12.7 Å². The molecule has 0 radical (unpaired) electrons. The zero-order chi connectivity index (χ0) is 14.0. The first-order chi connectivity index (χ1) is 8.97. The number of rotatable bonds is 4. The van der Waals surface area contributed by atoms with Crippen molar-refractivity contribution >= 4 is 17.3 Å². The van der Waals surface area contributed by atoms with Crippen molar-refractivity contribution in [1.82, 2.24) is 10.1 Å². The van der Waals surface area contributed by atoms with Crippen molar-refractivity contribution in [3.8, 4) is 0 Å². The molecule has 1 aromatic carbocycles. The quantitative estimate of drug-likeness (QED) is 0.716. The monoisotopic (exact) mass is 266 g/mol. The Labute approximate surface area is 107 Å². The van der Waals surface area contributed by atoms with Crippen LogP contribution in [0.1, 0.15) is 22.1 Å². The van der Waals surface area contributed by atoms with Crippen LogP contribution in [0.15, 0.2) is 16.7 Å². The number of aromatic carboxylic acids is 1. The van der Waals surface area contributed by atoms with E-state index in [1.165, 1.54) is 0 Å². The molecule has 1 heterocycles. The van der Waals surface area contributed by atoms with Crippen molar-refractivity contribution < 1.29 is 18.8 Å². The lowest BCUT2D eigenvalue weighted by Crippen LogP contribution is -2.07. The second-order valence-electron chi connectivity index (χ2n) is 3.81. The van der Waals surface area contributed by atoms with Crippen molar-refractivity contribution in [1.29, 1.82) is 0 Å². The van der Waals surface area contributed by atoms with Crippen LogP contribution in [-0.4, -0.2) is 21.2 Å². The van der Waals surface area contributed by atoms with Crippen LogP contribution in [0.3, 0.4) is 0 Å². The smallest absolute Gasteiger partial charge is 0.337 e. The number of carboxylic acid groups (broad SMARTS) is 1. The van der Waals surface area contributed by atoms with Crippen LogP contribution in [0.2, 0.25) is 0 Å². The van der Waals surface area contributed by atoms with Crippen molar-refractivity contribution in [2.45, 2.75) is 13.5 Å². The third-order valence-corrected chi connectivity index (χ3v) is 2.37. The predicted octanol–water partition coefficient (Wildman–Crippen LogP) is 1.41. The lowest BCUT2D eigenvalue weighted by molar-refractivity contribution is 0.0698. The standard InChI is InChI=1S/C11H11FN4O3/c1-5-15-10(19-16-5)4-14-9-2-6(11(17)18)8(13)3-7(9)12/h2-3,14H,4,13H2,1H3,(H,17,18). The maximum Gasteiger partial charge on any atom is 0.337 e. The van der Waals surface area contributed by atoms with Gasteiger partial charge >= 0.3 is 5.97 Å². The van der Waals surface area contributed by atoms with E-state index in [0.717, 1.165) is 12.1 Å². The van der Waals surface area contributed by atoms with E-state index in [1.54, 1.807) is 6.92 Å². The van der Waals surface area contributed by atoms with Gasteiger partial charge in [0.05, 0.1) is 17.8 Å². The van der Waals surface area contributed by atoms with E-state index >= 15 is 0 Å². The summed E-state index contributed by atoms with van der Waals surface area (Å²) in [6, 6.07) is 2.07. The van der Waals surface area contributed by atoms with Crippen molar-refractivity contribution in [3.05, 3.63) is 35.2 Å². The van der Waals surface area contributed by atoms with Crippen LogP contribution in [0.5, 0.6) is 0 Å². The Morgan fingerprint density at radius 3 is 2.89 bits per heavy atom. The van der Waals surface area contributed by atoms with Gasteiger partial charge in [-0.25, -0.2) is 9.18 Å². The van der Waals surface area contributed by atoms with Crippen LogP contribution in [0.25, 0.3) is 0 Å². The van der Waals surface area contributed by atoms with Crippen molar-refractivity contribution in [2.24, 2.45) is 0 Å². The van der Waals surface area contributed by atoms with Gasteiger partial charge in [-0.05, 0) is 19.1 Å². The summed E-state index contributed by atoms with van der Waals surface area (Å²) in [5, 5.41) is 15.2. The van der Waals surface area contributed by atoms with Crippen molar-refractivity contribution in [2.75, 3.05) is 11.1 Å². The number of halogens is 1. The number of carbonyl (C=O) groups is 1. The van der Waals surface area contributed by atoms with Gasteiger partial charge in [0.15, 0.2) is 5.82 Å². The average molecular weight is 266 g/mol. The molecule has 1 aromatic heterocycles. The number of nitrogens with two attached hydrogens (primary N) is 1. The molecular weight excluding hydrogens is 255 g/mol. The lowest BCUT2D eigenvalue weighted by atomic mass is 10.1. The zero-order valence-corrected chi connectivity index (χ0v) is 9.98. The number of hydrogen-bond acceptors (Lipinski definition) is 6. The lowest BCUT2D eigenvalue weighted by Gasteiger charge is -2.08. The molecule has 8 heteroatoms. The first-order valence-corrected chi connectivity index (χ1v) is 5.32. The summed E-state index contributed by atoms with van der Waals surface area (Å²) in [4.78, 5) is 14.8. The Balaban J connectivity index is 2.20. The van der Waals surface area contributed by atoms with Gasteiger partial charge in [-0.3, -0.25) is 0 Å². The summed E-state index contributed by atoms with van der Waals surface area (Å²) in [5.74, 6) is -1.15. The molecule has 0 unspecified atom stereocenters. The van der Waals surface area contributed by atoms with Gasteiger partial charge < -0.3 is 20.7 Å². The minimum absolute atomic E-state index is 0.00227. The maximum atomic E-state index is 13.6. The highest BCUT2D eigenvalue weighted by molar-refractivity contribution is 5.94. The van der Waals surface area contributed by atoms with Gasteiger partial charge in [0.2, 0.25) is 5.89 Å². The van der Waals surface area contributed by atoms with E-state index in [1.807, 2.05) is 0 Å². The number of carboxylic acids is 1. The first kappa shape index (κ1) is 12.8. The number of nitrogen functional groups attached to an aromatic ring is 1. The second-order valence-corrected chi connectivity index (χ2v) is 3.81. The van der Waals surface area contributed by atoms with Gasteiger partial charge in [-0.2, -0.15) is 4.98 Å². The normalized spacial score (nSPS) is 10.4. The van der Waals surface area contributed by atoms with E-state index in [0.29, 0.717) is 5.82 Å². The fraction of sp³-hybridized carbons (Fsp3) is 0.182. The molecule has 4 N–H and O–H groups in total. The van der Waals surface area contributed by atoms with Gasteiger partial charge in [-0.1, -0.05) is 5.16 Å². The number of aryl methyl sites for hydroxylation is 1. The number of nitrogens with zero attached hydrogens (tertiary/aromatic N) is 2. The average Bonchev–Trinajstić information content (AvgIpc) is 2.73. The molecule has 0 atom stereocenters. The van der Waals surface area contributed by atoms with E-state index < -0.39 is 11.8 Å². The number of hydrogen-bond donors (Lipinski definition) is 3. The molecule has 0 aliphatic carbocycles. The minimum Gasteiger partial charge on any atom is -0.478 e. The molecular formula is C11H11FN4O3. The third kappa shape index (κ3) is 2.79. The molecule has 2 rings (SSSR count). The van der Waals surface area contributed by atoms with Crippen LogP contribution < -0.4 is 11.1 Å². The summed E-state index contributed by atoms with van der Waals surface area (Å²) in [5.41, 5.74) is 5.10. The summed E-state index contributed by atoms with van der Waals surface area (Å²) >= 11 is 0. The second kappa shape index (κ2) is 4.92. The third-order valence-electron chi connectivity index (χ3n) is 2.37. The van der Waals surface area contributed by atoms with Crippen LogP contribution in [-0.2, 0) is 6.54 Å². The zero-order valence-electron chi connectivity index (χ0n) is 9.98. The number of anilines is 2. The summed E-state index contributed by atoms with van der Waals surface area (Å²) in [6.45, 7) is 1.74. The molecule has 0 aliphatic rings. The predicted molar refractivity (Wildman–Crippen MR) is 64.1 cm³/mol. The molecule has 0 aliphatic heterocycles. The summed E-state index contributed by atoms with van der Waals surface area (Å²) in [6.07, 6.45) is 0. The van der Waals surface area contributed by atoms with Gasteiger partial charge in [-0.15, -0.1) is 0 Å². The molecule has 19 heavy (non-hydrogen) atoms. The molecule has 0 saturated carbocycles. The highest BCUT2D eigenvalue weighted by atomic mass is 19.1. The molecule has 2 aromatic rings. The first-order valence-electron chi connectivity index (χ1n) is 5.32. The fourth-order valence-electron chi connectivity index (χ4n) is 1.49. The molecule has 0 fully saturated rings. The maximum absolute atomic E-state index is 13.6. The number of benzene rings is 1. The van der Waals surface area contributed by atoms with Crippen molar-refractivity contribution in [3.63, 3.8) is 0 Å². The molecule has 0 amide bonds. The Hall–Kier alpha value is -2.64. The van der Waals surface area contributed by atoms with Gasteiger partial charge in [0.1, 0.15) is 5.82 Å². The number of aromatic nitrogens is 2. The largest absolute Gasteiger partial charge is 0.478 e. The van der Waals surface area contributed by atoms with E-state index in [-0.39, 0.29) is 29.4 Å². The highest BCUT2D eigenvalue weighted by Crippen LogP contribution is 2.22. The van der Waals surface area contributed by atoms with E-state index in [9.17, 15) is 9.18 Å². The topological polar surface area (TPSA) is 114 Å². The molecule has 100 valence electrons. The Kier molecular flexibility index (Phi) is 3.32. The Morgan fingerprint density at radius 2 is 2.32 bits per heavy atom. The molecule has 0 saturated heterocycles. The van der Waals surface area contributed by atoms with Gasteiger partial charge in [0.25, 0.3) is 0 Å². The minimum atomic E-state index is -1.23. The molecule has 0 bridgehead atoms. The van der Waals surface area contributed by atoms with Gasteiger partial charge in [0, 0.05) is 5.69 Å². The van der Waals surface area contributed by atoms with E-state index in [4.69, 9.17) is 15.4 Å². The van der Waals surface area contributed by atoms with Crippen LogP contribution >= 0.6 is 0 Å². The summed E-state index contributed by atoms with van der Waals surface area (Å²) in [7, 11) is 0. The highest BCUT2D eigenvalue weighted by Gasteiger charge is 2.13. The molecule has 7 nitrogen and oxygen atoms in total. The fourth-order valence-corrected chi connectivity index (χ4v) is 1.49. The van der Waals surface area contributed by atoms with E-state index in [2.05, 4.69) is 15.5 Å². The SMILES string of the molecule is Cc1noc(CNc2cc(C(=O)O)c(N)cc2F)n1. The number of nitrogens with one attached hydrogen (secondary N) is 1. The Bertz CT molecular complexity index is 626. The molecule has 0 spiro atoms. The van der Waals surface area contributed by atoms with Crippen LogP contribution in [0.4, 0.5) is 15.8 Å².